The Hall–Kier alpha value is -4.18. The summed E-state index contributed by atoms with van der Waals surface area (Å²) in [6.07, 6.45) is 3.48. The zero-order chi connectivity index (χ0) is 26.1. The van der Waals surface area contributed by atoms with Crippen molar-refractivity contribution in [2.24, 2.45) is 0 Å². The number of hydrogen-bond donors (Lipinski definition) is 2. The first-order valence-corrected chi connectivity index (χ1v) is 12.3. The molecule has 2 N–H and O–H groups in total. The molecule has 2 aromatic carbocycles. The Morgan fingerprint density at radius 3 is 2.54 bits per heavy atom. The third-order valence-electron chi connectivity index (χ3n) is 6.99. The Kier molecular flexibility index (Phi) is 6.66. The summed E-state index contributed by atoms with van der Waals surface area (Å²) < 4.78 is 5.53. The van der Waals surface area contributed by atoms with Crippen LogP contribution in [0.5, 0.6) is 5.75 Å². The predicted molar refractivity (Wildman–Crippen MR) is 144 cm³/mol. The molecule has 2 aliphatic rings. The van der Waals surface area contributed by atoms with Crippen molar-refractivity contribution < 1.29 is 14.3 Å². The van der Waals surface area contributed by atoms with Gasteiger partial charge in [0.2, 0.25) is 5.95 Å². The van der Waals surface area contributed by atoms with Gasteiger partial charge < -0.3 is 30.1 Å². The first kappa shape index (κ1) is 24.5. The van der Waals surface area contributed by atoms with Crippen LogP contribution in [0.25, 0.3) is 0 Å². The second-order valence-electron chi connectivity index (χ2n) is 9.43. The molecule has 1 saturated heterocycles. The van der Waals surface area contributed by atoms with Crippen LogP contribution in [0, 0.1) is 0 Å². The second kappa shape index (κ2) is 10.1. The molecule has 1 fully saturated rings. The van der Waals surface area contributed by atoms with Crippen LogP contribution >= 0.6 is 0 Å². The maximum Gasteiger partial charge on any atom is 0.260 e. The van der Waals surface area contributed by atoms with Crippen LogP contribution in [0.2, 0.25) is 0 Å². The van der Waals surface area contributed by atoms with Crippen molar-refractivity contribution in [3.05, 3.63) is 59.8 Å². The number of ether oxygens (including phenoxy) is 1. The van der Waals surface area contributed by atoms with E-state index in [2.05, 4.69) is 27.6 Å². The number of aromatic nitrogens is 2. The van der Waals surface area contributed by atoms with Gasteiger partial charge in [-0.3, -0.25) is 9.59 Å². The van der Waals surface area contributed by atoms with E-state index in [9.17, 15) is 9.59 Å². The van der Waals surface area contributed by atoms with E-state index in [1.165, 1.54) is 0 Å². The maximum atomic E-state index is 13.0. The first-order chi connectivity index (χ1) is 17.9. The molecule has 192 valence electrons. The number of fused-ring (bicyclic) bond motifs is 2. The van der Waals surface area contributed by atoms with Crippen molar-refractivity contribution in [3.8, 4) is 5.75 Å². The van der Waals surface area contributed by atoms with Crippen LogP contribution < -0.4 is 25.2 Å². The van der Waals surface area contributed by atoms with Crippen molar-refractivity contribution in [1.82, 2.24) is 20.2 Å². The van der Waals surface area contributed by atoms with Crippen LogP contribution in [0.3, 0.4) is 0 Å². The minimum atomic E-state index is -0.129. The number of amides is 2. The molecule has 1 aromatic heterocycles. The van der Waals surface area contributed by atoms with Gasteiger partial charge in [0, 0.05) is 25.7 Å². The molecule has 0 bridgehead atoms. The van der Waals surface area contributed by atoms with Gasteiger partial charge in [0.15, 0.2) is 5.82 Å². The number of carbonyl (C=O) groups excluding carboxylic acids is 2. The average Bonchev–Trinajstić information content (AvgIpc) is 2.99. The highest BCUT2D eigenvalue weighted by Crippen LogP contribution is 2.38. The van der Waals surface area contributed by atoms with E-state index in [-0.39, 0.29) is 17.9 Å². The number of anilines is 5. The van der Waals surface area contributed by atoms with Gasteiger partial charge in [0.25, 0.3) is 11.8 Å². The number of likely N-dealkylation sites (tertiary alicyclic amines) is 1. The minimum absolute atomic E-state index is 0.125. The molecule has 5 rings (SSSR count). The van der Waals surface area contributed by atoms with Gasteiger partial charge in [-0.15, -0.1) is 0 Å². The Morgan fingerprint density at radius 2 is 1.78 bits per heavy atom. The summed E-state index contributed by atoms with van der Waals surface area (Å²) in [7, 11) is 7.25. The molecular formula is C27H31N7O3. The van der Waals surface area contributed by atoms with Crippen molar-refractivity contribution >= 4 is 40.6 Å². The number of benzene rings is 2. The number of methoxy groups -OCH3 is 1. The highest BCUT2D eigenvalue weighted by atomic mass is 16.5. The Morgan fingerprint density at radius 1 is 1.03 bits per heavy atom. The van der Waals surface area contributed by atoms with Crippen LogP contribution in [0.4, 0.5) is 28.8 Å². The topological polar surface area (TPSA) is 103 Å². The van der Waals surface area contributed by atoms with Crippen LogP contribution in [0.15, 0.2) is 48.7 Å². The monoisotopic (exact) mass is 501 g/mol. The normalized spacial score (nSPS) is 16.1. The number of para-hydroxylation sites is 1. The number of nitrogens with zero attached hydrogens (tertiary/aromatic N) is 5. The molecule has 3 heterocycles. The van der Waals surface area contributed by atoms with Crippen molar-refractivity contribution in [1.29, 1.82) is 0 Å². The predicted octanol–water partition coefficient (Wildman–Crippen LogP) is 3.41. The van der Waals surface area contributed by atoms with E-state index < -0.39 is 0 Å². The lowest BCUT2D eigenvalue weighted by atomic mass is 10.0. The molecule has 0 atom stereocenters. The molecule has 10 heteroatoms. The molecule has 0 unspecified atom stereocenters. The molecule has 0 spiro atoms. The van der Waals surface area contributed by atoms with E-state index in [4.69, 9.17) is 9.72 Å². The van der Waals surface area contributed by atoms with Crippen LogP contribution in [-0.2, 0) is 0 Å². The van der Waals surface area contributed by atoms with Crippen molar-refractivity contribution in [2.75, 3.05) is 56.5 Å². The van der Waals surface area contributed by atoms with Gasteiger partial charge in [-0.1, -0.05) is 12.1 Å². The summed E-state index contributed by atoms with van der Waals surface area (Å²) in [6, 6.07) is 12.8. The summed E-state index contributed by atoms with van der Waals surface area (Å²) >= 11 is 0. The van der Waals surface area contributed by atoms with E-state index in [0.29, 0.717) is 40.0 Å². The molecule has 3 aromatic rings. The lowest BCUT2D eigenvalue weighted by Crippen LogP contribution is -2.43. The van der Waals surface area contributed by atoms with E-state index in [0.717, 1.165) is 31.6 Å². The average molecular weight is 502 g/mol. The van der Waals surface area contributed by atoms with Gasteiger partial charge in [0.05, 0.1) is 30.2 Å². The molecule has 0 saturated carbocycles. The fourth-order valence-corrected chi connectivity index (χ4v) is 4.75. The van der Waals surface area contributed by atoms with Crippen LogP contribution in [0.1, 0.15) is 33.6 Å². The molecule has 2 amide bonds. The largest absolute Gasteiger partial charge is 0.495 e. The van der Waals surface area contributed by atoms with E-state index in [1.54, 1.807) is 49.5 Å². The Bertz CT molecular complexity index is 1340. The summed E-state index contributed by atoms with van der Waals surface area (Å²) in [5, 5.41) is 6.35. The zero-order valence-electron chi connectivity index (χ0n) is 21.5. The number of rotatable bonds is 5. The Balaban J connectivity index is 1.42. The third-order valence-corrected chi connectivity index (χ3v) is 6.99. The van der Waals surface area contributed by atoms with Gasteiger partial charge >= 0.3 is 0 Å². The summed E-state index contributed by atoms with van der Waals surface area (Å²) in [5.74, 6) is 1.20. The fourth-order valence-electron chi connectivity index (χ4n) is 4.75. The smallest absolute Gasteiger partial charge is 0.260 e. The summed E-state index contributed by atoms with van der Waals surface area (Å²) in [4.78, 5) is 40.9. The third kappa shape index (κ3) is 4.79. The summed E-state index contributed by atoms with van der Waals surface area (Å²) in [5.41, 5.74) is 3.03. The lowest BCUT2D eigenvalue weighted by Gasteiger charge is -2.29. The number of nitrogens with one attached hydrogen (secondary N) is 2. The van der Waals surface area contributed by atoms with E-state index in [1.807, 2.05) is 30.1 Å². The standard InChI is InChI=1S/C27H31N7O3/c1-32-13-11-18(12-14-32)29-25(35)17-9-10-23(37-4)20(15-17)30-27-28-16-22-24(31-27)33(2)21-8-6-5-7-19(21)26(36)34(22)3/h5-10,15-16,18H,11-14H2,1-4H3,(H,29,35)(H,28,30,31). The van der Waals surface area contributed by atoms with E-state index >= 15 is 0 Å². The van der Waals surface area contributed by atoms with Gasteiger partial charge in [-0.05, 0) is 63.3 Å². The number of piperidine rings is 1. The lowest BCUT2D eigenvalue weighted by molar-refractivity contribution is 0.0916. The highest BCUT2D eigenvalue weighted by Gasteiger charge is 2.29. The van der Waals surface area contributed by atoms with Gasteiger partial charge in [-0.2, -0.15) is 4.98 Å². The number of carbonyl (C=O) groups is 2. The molecule has 37 heavy (non-hydrogen) atoms. The Labute approximate surface area is 216 Å². The van der Waals surface area contributed by atoms with Crippen LogP contribution in [-0.4, -0.2) is 74.1 Å². The van der Waals surface area contributed by atoms with Crippen molar-refractivity contribution in [3.63, 3.8) is 0 Å². The van der Waals surface area contributed by atoms with Gasteiger partial charge in [-0.25, -0.2) is 4.98 Å². The quantitative estimate of drug-likeness (QED) is 0.548. The second-order valence-corrected chi connectivity index (χ2v) is 9.43. The molecular weight excluding hydrogens is 470 g/mol. The van der Waals surface area contributed by atoms with Crippen molar-refractivity contribution in [2.45, 2.75) is 18.9 Å². The maximum absolute atomic E-state index is 13.0. The fraction of sp³-hybridized carbons (Fsp3) is 0.333. The minimum Gasteiger partial charge on any atom is -0.495 e. The zero-order valence-corrected chi connectivity index (χ0v) is 21.5. The first-order valence-electron chi connectivity index (χ1n) is 12.3. The SMILES string of the molecule is COc1ccc(C(=O)NC2CCN(C)CC2)cc1Nc1ncc2c(n1)N(C)c1ccccc1C(=O)N2C. The molecule has 10 nitrogen and oxygen atoms in total. The number of hydrogen-bond acceptors (Lipinski definition) is 8. The molecule has 0 aliphatic carbocycles. The summed E-state index contributed by atoms with van der Waals surface area (Å²) in [6.45, 7) is 1.94. The molecule has 0 radical (unpaired) electrons. The molecule has 2 aliphatic heterocycles. The highest BCUT2D eigenvalue weighted by molar-refractivity contribution is 6.13. The van der Waals surface area contributed by atoms with Gasteiger partial charge in [0.1, 0.15) is 11.4 Å².